The maximum absolute atomic E-state index is 11.4. The summed E-state index contributed by atoms with van der Waals surface area (Å²) < 4.78 is 10.5. The number of hydrogen-bond donors (Lipinski definition) is 1. The van der Waals surface area contributed by atoms with Gasteiger partial charge in [-0.1, -0.05) is 0 Å². The van der Waals surface area contributed by atoms with E-state index in [0.29, 0.717) is 13.0 Å². The van der Waals surface area contributed by atoms with Crippen LogP contribution in [-0.2, 0) is 9.53 Å². The average molecular weight is 239 g/mol. The lowest BCUT2D eigenvalue weighted by molar-refractivity contribution is -0.154. The second-order valence-electron chi connectivity index (χ2n) is 5.03. The van der Waals surface area contributed by atoms with Crippen molar-refractivity contribution in [2.75, 3.05) is 6.54 Å². The number of rotatable bonds is 5. The van der Waals surface area contributed by atoms with Crippen molar-refractivity contribution in [2.24, 2.45) is 0 Å². The molecule has 1 heterocycles. The lowest BCUT2D eigenvalue weighted by Gasteiger charge is -2.19. The zero-order valence-electron chi connectivity index (χ0n) is 10.9. The van der Waals surface area contributed by atoms with Crippen molar-refractivity contribution in [2.45, 2.75) is 45.8 Å². The number of esters is 1. The van der Waals surface area contributed by atoms with Crippen molar-refractivity contribution in [3.63, 3.8) is 0 Å². The minimum absolute atomic E-state index is 0.104. The molecular weight excluding hydrogens is 218 g/mol. The van der Waals surface area contributed by atoms with E-state index in [2.05, 4.69) is 5.32 Å². The summed E-state index contributed by atoms with van der Waals surface area (Å²) in [7, 11) is 0. The van der Waals surface area contributed by atoms with E-state index >= 15 is 0 Å². The molecule has 4 heteroatoms. The zero-order chi connectivity index (χ0) is 12.9. The minimum Gasteiger partial charge on any atom is -0.468 e. The number of nitrogens with one attached hydrogen (secondary N) is 1. The standard InChI is InChI=1S/C13H21NO3/c1-10(11-6-5-9-16-11)14-8-7-12(15)17-13(2,3)4/h5-6,9-10,14H,7-8H2,1-4H3/t10-/m1/s1. The molecule has 1 rings (SSSR count). The highest BCUT2D eigenvalue weighted by Crippen LogP contribution is 2.12. The first kappa shape index (κ1) is 13.8. The molecule has 0 bridgehead atoms. The molecule has 0 amide bonds. The van der Waals surface area contributed by atoms with Crippen molar-refractivity contribution in [3.05, 3.63) is 24.2 Å². The van der Waals surface area contributed by atoms with E-state index in [1.807, 2.05) is 39.8 Å². The molecule has 96 valence electrons. The van der Waals surface area contributed by atoms with Crippen LogP contribution in [-0.4, -0.2) is 18.1 Å². The third kappa shape index (κ3) is 5.54. The van der Waals surface area contributed by atoms with Crippen LogP contribution in [0.2, 0.25) is 0 Å². The third-order valence-corrected chi connectivity index (χ3v) is 2.17. The Kier molecular flexibility index (Phi) is 4.75. The molecule has 0 unspecified atom stereocenters. The van der Waals surface area contributed by atoms with Gasteiger partial charge in [0, 0.05) is 6.54 Å². The van der Waals surface area contributed by atoms with Crippen LogP contribution in [0, 0.1) is 0 Å². The Morgan fingerprint density at radius 2 is 2.24 bits per heavy atom. The van der Waals surface area contributed by atoms with Crippen LogP contribution < -0.4 is 5.32 Å². The number of furan rings is 1. The number of carbonyl (C=O) groups excluding carboxylic acids is 1. The summed E-state index contributed by atoms with van der Waals surface area (Å²) in [5.41, 5.74) is -0.413. The van der Waals surface area contributed by atoms with Gasteiger partial charge >= 0.3 is 5.97 Å². The molecule has 0 aliphatic heterocycles. The smallest absolute Gasteiger partial charge is 0.307 e. The summed E-state index contributed by atoms with van der Waals surface area (Å²) in [5, 5.41) is 3.21. The monoisotopic (exact) mass is 239 g/mol. The van der Waals surface area contributed by atoms with E-state index in [0.717, 1.165) is 5.76 Å². The van der Waals surface area contributed by atoms with E-state index in [9.17, 15) is 4.79 Å². The Balaban J connectivity index is 2.22. The van der Waals surface area contributed by atoms with Gasteiger partial charge in [-0.3, -0.25) is 4.79 Å². The van der Waals surface area contributed by atoms with Crippen molar-refractivity contribution in [1.82, 2.24) is 5.32 Å². The van der Waals surface area contributed by atoms with E-state index < -0.39 is 5.60 Å². The molecule has 0 radical (unpaired) electrons. The SMILES string of the molecule is C[C@@H](NCCC(=O)OC(C)(C)C)c1ccco1. The van der Waals surface area contributed by atoms with Gasteiger partial charge in [-0.2, -0.15) is 0 Å². The third-order valence-electron chi connectivity index (χ3n) is 2.17. The van der Waals surface area contributed by atoms with Crippen LogP contribution in [0.15, 0.2) is 22.8 Å². The molecule has 1 atom stereocenters. The highest BCUT2D eigenvalue weighted by Gasteiger charge is 2.16. The Labute approximate surface area is 102 Å². The maximum Gasteiger partial charge on any atom is 0.307 e. The van der Waals surface area contributed by atoms with Crippen LogP contribution in [0.1, 0.15) is 45.9 Å². The fourth-order valence-corrected chi connectivity index (χ4v) is 1.42. The van der Waals surface area contributed by atoms with Gasteiger partial charge < -0.3 is 14.5 Å². The number of ether oxygens (including phenoxy) is 1. The predicted octanol–water partition coefficient (Wildman–Crippen LogP) is 2.66. The van der Waals surface area contributed by atoms with Gasteiger partial charge in [0.25, 0.3) is 0 Å². The van der Waals surface area contributed by atoms with Crippen LogP contribution in [0.25, 0.3) is 0 Å². The van der Waals surface area contributed by atoms with Gasteiger partial charge in [-0.25, -0.2) is 0 Å². The molecule has 4 nitrogen and oxygen atoms in total. The van der Waals surface area contributed by atoms with Gasteiger partial charge in [0.2, 0.25) is 0 Å². The van der Waals surface area contributed by atoms with Crippen molar-refractivity contribution in [1.29, 1.82) is 0 Å². The molecule has 0 saturated heterocycles. The van der Waals surface area contributed by atoms with Crippen molar-refractivity contribution in [3.8, 4) is 0 Å². The molecule has 0 aromatic carbocycles. The lowest BCUT2D eigenvalue weighted by atomic mass is 10.2. The molecule has 0 fully saturated rings. The summed E-state index contributed by atoms with van der Waals surface area (Å²) in [6.07, 6.45) is 2.00. The fourth-order valence-electron chi connectivity index (χ4n) is 1.42. The Morgan fingerprint density at radius 3 is 2.76 bits per heavy atom. The molecule has 1 aromatic heterocycles. The van der Waals surface area contributed by atoms with E-state index in [1.165, 1.54) is 0 Å². The maximum atomic E-state index is 11.4. The summed E-state index contributed by atoms with van der Waals surface area (Å²) in [6, 6.07) is 3.86. The molecule has 0 aliphatic rings. The second-order valence-corrected chi connectivity index (χ2v) is 5.03. The number of hydrogen-bond acceptors (Lipinski definition) is 4. The highest BCUT2D eigenvalue weighted by atomic mass is 16.6. The summed E-state index contributed by atoms with van der Waals surface area (Å²) in [4.78, 5) is 11.4. The normalized spacial score (nSPS) is 13.4. The zero-order valence-corrected chi connectivity index (χ0v) is 10.9. The largest absolute Gasteiger partial charge is 0.468 e. The van der Waals surface area contributed by atoms with E-state index in [4.69, 9.17) is 9.15 Å². The van der Waals surface area contributed by atoms with Gasteiger partial charge in [-0.05, 0) is 39.8 Å². The number of carbonyl (C=O) groups is 1. The predicted molar refractivity (Wildman–Crippen MR) is 65.6 cm³/mol. The highest BCUT2D eigenvalue weighted by molar-refractivity contribution is 5.70. The molecule has 0 aliphatic carbocycles. The van der Waals surface area contributed by atoms with Crippen LogP contribution in [0.3, 0.4) is 0 Å². The van der Waals surface area contributed by atoms with Crippen LogP contribution in [0.5, 0.6) is 0 Å². The van der Waals surface area contributed by atoms with E-state index in [1.54, 1.807) is 6.26 Å². The van der Waals surface area contributed by atoms with Gasteiger partial charge in [0.15, 0.2) is 0 Å². The summed E-state index contributed by atoms with van der Waals surface area (Å²) >= 11 is 0. The first-order valence-corrected chi connectivity index (χ1v) is 5.87. The fraction of sp³-hybridized carbons (Fsp3) is 0.615. The van der Waals surface area contributed by atoms with Crippen molar-refractivity contribution < 1.29 is 13.9 Å². The van der Waals surface area contributed by atoms with Gasteiger partial charge in [0.05, 0.1) is 18.7 Å². The Bertz CT molecular complexity index is 338. The first-order valence-electron chi connectivity index (χ1n) is 5.87. The first-order chi connectivity index (χ1) is 7.88. The molecule has 17 heavy (non-hydrogen) atoms. The van der Waals surface area contributed by atoms with Gasteiger partial charge in [0.1, 0.15) is 11.4 Å². The lowest BCUT2D eigenvalue weighted by Crippen LogP contribution is -2.27. The van der Waals surface area contributed by atoms with Crippen LogP contribution in [0.4, 0.5) is 0 Å². The molecule has 0 spiro atoms. The Hall–Kier alpha value is -1.29. The average Bonchev–Trinajstić information content (AvgIpc) is 2.66. The van der Waals surface area contributed by atoms with E-state index in [-0.39, 0.29) is 12.0 Å². The quantitative estimate of drug-likeness (QED) is 0.803. The molecular formula is C13H21NO3. The molecule has 1 N–H and O–H groups in total. The topological polar surface area (TPSA) is 51.5 Å². The minimum atomic E-state index is -0.413. The molecule has 1 aromatic rings. The Morgan fingerprint density at radius 1 is 1.53 bits per heavy atom. The summed E-state index contributed by atoms with van der Waals surface area (Å²) in [5.74, 6) is 0.686. The second kappa shape index (κ2) is 5.87. The van der Waals surface area contributed by atoms with Crippen LogP contribution >= 0.6 is 0 Å². The molecule has 0 saturated carbocycles. The van der Waals surface area contributed by atoms with Gasteiger partial charge in [-0.15, -0.1) is 0 Å². The van der Waals surface area contributed by atoms with Crippen molar-refractivity contribution >= 4 is 5.97 Å². The summed E-state index contributed by atoms with van der Waals surface area (Å²) in [6.45, 7) is 8.17.